The number of carboxylic acids is 1. The Balaban J connectivity index is 2.31. The average molecular weight is 395 g/mol. The van der Waals surface area contributed by atoms with Gasteiger partial charge in [-0.2, -0.15) is 0 Å². The van der Waals surface area contributed by atoms with Crippen molar-refractivity contribution in [1.29, 1.82) is 0 Å². The van der Waals surface area contributed by atoms with E-state index >= 15 is 0 Å². The topological polar surface area (TPSA) is 40.5 Å². The van der Waals surface area contributed by atoms with Crippen molar-refractivity contribution in [2.24, 2.45) is 0 Å². The second-order valence-electron chi connectivity index (χ2n) is 5.84. The van der Waals surface area contributed by atoms with Crippen molar-refractivity contribution >= 4 is 46.9 Å². The van der Waals surface area contributed by atoms with Gasteiger partial charge in [0.2, 0.25) is 0 Å². The monoisotopic (exact) mass is 395 g/mol. The Morgan fingerprint density at radius 3 is 2.67 bits per heavy atom. The van der Waals surface area contributed by atoms with Crippen molar-refractivity contribution in [2.45, 2.75) is 26.2 Å². The molecule has 0 aliphatic carbocycles. The highest BCUT2D eigenvalue weighted by atomic mass is 127. The third-order valence-corrected chi connectivity index (χ3v) is 7.67. The third-order valence-electron chi connectivity index (χ3n) is 4.16. The van der Waals surface area contributed by atoms with Crippen molar-refractivity contribution < 1.29 is 9.90 Å². The summed E-state index contributed by atoms with van der Waals surface area (Å²) < 4.78 is 3.48. The molecule has 1 aliphatic heterocycles. The summed E-state index contributed by atoms with van der Waals surface area (Å²) in [5, 5.41) is 11.6. The summed E-state index contributed by atoms with van der Waals surface area (Å²) in [6, 6.07) is 12.6. The van der Waals surface area contributed by atoms with E-state index in [2.05, 4.69) is 54.2 Å². The molecule has 3 rings (SSSR count). The molecule has 0 atom stereocenters. The van der Waals surface area contributed by atoms with Gasteiger partial charge in [0.05, 0.1) is 5.69 Å². The van der Waals surface area contributed by atoms with Gasteiger partial charge in [-0.3, -0.25) is 4.79 Å². The molecule has 2 aromatic carbocycles. The molecule has 0 saturated carbocycles. The fourth-order valence-corrected chi connectivity index (χ4v) is 5.70. The minimum atomic E-state index is -0.763. The first-order chi connectivity index (χ1) is 9.91. The zero-order chi connectivity index (χ0) is 15.2. The standard InChI is InChI=1S/C17H18INO2/c1-11-17(2,3)16-13-7-5-4-6-12(13)8-9-14(16)19(18-11)10-15(20)21/h4-9H,10H2,1-3H3,(H,20,21). The number of anilines is 1. The van der Waals surface area contributed by atoms with Crippen LogP contribution in [0.3, 0.4) is 0 Å². The van der Waals surface area contributed by atoms with Crippen LogP contribution in [0, 0.1) is 0 Å². The molecule has 0 bridgehead atoms. The predicted molar refractivity (Wildman–Crippen MR) is 96.7 cm³/mol. The molecule has 1 heterocycles. The van der Waals surface area contributed by atoms with Crippen molar-refractivity contribution in [3.63, 3.8) is 0 Å². The number of aliphatic carboxylic acids is 1. The average Bonchev–Trinajstić information content (AvgIpc) is 2.43. The van der Waals surface area contributed by atoms with Crippen molar-refractivity contribution in [3.05, 3.63) is 42.0 Å². The van der Waals surface area contributed by atoms with Crippen LogP contribution < -0.4 is 3.11 Å². The molecule has 0 amide bonds. The first-order valence-corrected chi connectivity index (χ1v) is 8.96. The van der Waals surface area contributed by atoms with Gasteiger partial charge in [0.15, 0.2) is 0 Å². The Labute approximate surface area is 134 Å². The first-order valence-electron chi connectivity index (χ1n) is 6.92. The van der Waals surface area contributed by atoms with Crippen molar-refractivity contribution in [1.82, 2.24) is 0 Å². The normalized spacial score (nSPS) is 16.9. The predicted octanol–water partition coefficient (Wildman–Crippen LogP) is 4.10. The maximum atomic E-state index is 11.2. The molecule has 0 fully saturated rings. The van der Waals surface area contributed by atoms with Crippen LogP contribution in [0.15, 0.2) is 36.4 Å². The lowest BCUT2D eigenvalue weighted by Gasteiger charge is -2.38. The molecule has 21 heavy (non-hydrogen) atoms. The minimum absolute atomic E-state index is 0.00151. The summed E-state index contributed by atoms with van der Waals surface area (Å²) in [5.74, 6) is -0.763. The zero-order valence-corrected chi connectivity index (χ0v) is 14.5. The summed E-state index contributed by atoms with van der Waals surface area (Å²) >= 11 is -0.414. The molecular formula is C17H18INO2. The fraction of sp³-hybridized carbons (Fsp3) is 0.294. The van der Waals surface area contributed by atoms with E-state index in [9.17, 15) is 9.90 Å². The second-order valence-corrected chi connectivity index (χ2v) is 9.10. The van der Waals surface area contributed by atoms with Crippen LogP contribution in [0.5, 0.6) is 0 Å². The molecular weight excluding hydrogens is 377 g/mol. The number of carbonyl (C=O) groups is 1. The van der Waals surface area contributed by atoms with Crippen LogP contribution in [-0.4, -0.2) is 21.1 Å². The van der Waals surface area contributed by atoms with E-state index in [-0.39, 0.29) is 12.0 Å². The summed E-state index contributed by atoms with van der Waals surface area (Å²) in [6.07, 6.45) is 0. The van der Waals surface area contributed by atoms with Gasteiger partial charge in [0, 0.05) is 5.41 Å². The summed E-state index contributed by atoms with van der Waals surface area (Å²) in [4.78, 5) is 11.2. The van der Waals surface area contributed by atoms with E-state index in [0.29, 0.717) is 0 Å². The van der Waals surface area contributed by atoms with Crippen LogP contribution >= 0.6 is 21.0 Å². The van der Waals surface area contributed by atoms with Crippen LogP contribution in [0.1, 0.15) is 26.3 Å². The van der Waals surface area contributed by atoms with Crippen LogP contribution in [0.4, 0.5) is 5.69 Å². The Bertz CT molecular complexity index is 764. The van der Waals surface area contributed by atoms with E-state index in [1.54, 1.807) is 0 Å². The van der Waals surface area contributed by atoms with E-state index in [4.69, 9.17) is 0 Å². The lowest BCUT2D eigenvalue weighted by atomic mass is 9.78. The lowest BCUT2D eigenvalue weighted by Crippen LogP contribution is -2.35. The minimum Gasteiger partial charge on any atom is -0.480 e. The molecule has 4 heteroatoms. The SMILES string of the molecule is CC1=IN(CC(=O)O)c2ccc3ccccc3c2C1(C)C. The number of carboxylic acid groups (broad SMARTS) is 1. The van der Waals surface area contributed by atoms with Gasteiger partial charge in [0.25, 0.3) is 0 Å². The zero-order valence-electron chi connectivity index (χ0n) is 12.4. The van der Waals surface area contributed by atoms with Gasteiger partial charge in [-0.15, -0.1) is 0 Å². The molecule has 1 N–H and O–H groups in total. The summed E-state index contributed by atoms with van der Waals surface area (Å²) in [5.41, 5.74) is 2.36. The molecule has 1 aliphatic rings. The highest BCUT2D eigenvalue weighted by Crippen LogP contribution is 2.46. The number of hydrogen-bond acceptors (Lipinski definition) is 2. The number of halogens is 1. The third kappa shape index (κ3) is 2.35. The smallest absolute Gasteiger partial charge is 0.323 e. The van der Waals surface area contributed by atoms with Gasteiger partial charge in [-0.25, -0.2) is 0 Å². The van der Waals surface area contributed by atoms with E-state index in [1.807, 2.05) is 6.07 Å². The first kappa shape index (κ1) is 14.5. The number of nitrogens with zero attached hydrogens (tertiary/aromatic N) is 1. The van der Waals surface area contributed by atoms with Crippen LogP contribution in [0.25, 0.3) is 10.8 Å². The molecule has 0 unspecified atom stereocenters. The van der Waals surface area contributed by atoms with E-state index in [0.717, 1.165) is 5.69 Å². The summed E-state index contributed by atoms with van der Waals surface area (Å²) in [7, 11) is 0. The Hall–Kier alpha value is -1.43. The van der Waals surface area contributed by atoms with Gasteiger partial charge in [0.1, 0.15) is 6.54 Å². The molecule has 0 radical (unpaired) electrons. The van der Waals surface area contributed by atoms with Crippen molar-refractivity contribution in [3.8, 4) is 0 Å². The molecule has 3 nitrogen and oxygen atoms in total. The fourth-order valence-electron chi connectivity index (χ4n) is 2.83. The van der Waals surface area contributed by atoms with Crippen molar-refractivity contribution in [2.75, 3.05) is 9.66 Å². The number of benzene rings is 2. The van der Waals surface area contributed by atoms with Gasteiger partial charge in [-0.05, 0) is 53.8 Å². The molecule has 0 spiro atoms. The van der Waals surface area contributed by atoms with Gasteiger partial charge in [-0.1, -0.05) is 44.2 Å². The highest BCUT2D eigenvalue weighted by Gasteiger charge is 2.34. The van der Waals surface area contributed by atoms with Gasteiger partial charge < -0.3 is 8.22 Å². The molecule has 0 saturated heterocycles. The maximum absolute atomic E-state index is 11.2. The number of rotatable bonds is 2. The van der Waals surface area contributed by atoms with Gasteiger partial charge >= 0.3 is 5.97 Å². The van der Waals surface area contributed by atoms with Crippen LogP contribution in [-0.2, 0) is 10.2 Å². The lowest BCUT2D eigenvalue weighted by molar-refractivity contribution is -0.135. The Morgan fingerprint density at radius 1 is 1.24 bits per heavy atom. The molecule has 2 aromatic rings. The quantitative estimate of drug-likeness (QED) is 0.615. The van der Waals surface area contributed by atoms with E-state index < -0.39 is 27.0 Å². The Kier molecular flexibility index (Phi) is 3.51. The highest BCUT2D eigenvalue weighted by molar-refractivity contribution is 14.2. The number of hydrogen-bond donors (Lipinski definition) is 1. The maximum Gasteiger partial charge on any atom is 0.323 e. The van der Waals surface area contributed by atoms with E-state index in [1.165, 1.54) is 19.8 Å². The summed E-state index contributed by atoms with van der Waals surface area (Å²) in [6.45, 7) is 6.77. The number of fused-ring (bicyclic) bond motifs is 3. The Morgan fingerprint density at radius 2 is 1.95 bits per heavy atom. The second kappa shape index (κ2) is 5.09. The molecule has 0 aromatic heterocycles. The largest absolute Gasteiger partial charge is 0.480 e. The molecule has 110 valence electrons. The van der Waals surface area contributed by atoms with Crippen LogP contribution in [0.2, 0.25) is 0 Å².